The van der Waals surface area contributed by atoms with Crippen LogP contribution in [0.4, 0.5) is 4.79 Å². The van der Waals surface area contributed by atoms with E-state index in [1.807, 2.05) is 39.0 Å². The van der Waals surface area contributed by atoms with E-state index in [1.165, 1.54) is 4.68 Å². The van der Waals surface area contributed by atoms with Gasteiger partial charge in [0.2, 0.25) is 0 Å². The van der Waals surface area contributed by atoms with Crippen LogP contribution >= 0.6 is 0 Å². The molecule has 2 aliphatic carbocycles. The van der Waals surface area contributed by atoms with Gasteiger partial charge in [-0.05, 0) is 84.4 Å². The van der Waals surface area contributed by atoms with Gasteiger partial charge in [-0.1, -0.05) is 6.07 Å². The van der Waals surface area contributed by atoms with E-state index in [0.29, 0.717) is 24.9 Å². The number of aryl methyl sites for hydroxylation is 1. The Hall–Kier alpha value is -3.20. The molecule has 5 rings (SSSR count). The van der Waals surface area contributed by atoms with Gasteiger partial charge in [0, 0.05) is 23.7 Å². The zero-order chi connectivity index (χ0) is 25.8. The average molecular weight is 494 g/mol. The van der Waals surface area contributed by atoms with Crippen LogP contribution in [0.3, 0.4) is 0 Å². The van der Waals surface area contributed by atoms with E-state index in [1.54, 1.807) is 30.9 Å². The van der Waals surface area contributed by atoms with E-state index in [-0.39, 0.29) is 18.0 Å². The third-order valence-corrected chi connectivity index (χ3v) is 6.65. The highest BCUT2D eigenvalue weighted by Crippen LogP contribution is 2.36. The van der Waals surface area contributed by atoms with Crippen molar-refractivity contribution in [3.63, 3.8) is 0 Å². The number of aliphatic hydroxyl groups is 1. The van der Waals surface area contributed by atoms with Crippen molar-refractivity contribution in [1.29, 1.82) is 0 Å². The highest BCUT2D eigenvalue weighted by Gasteiger charge is 2.40. The van der Waals surface area contributed by atoms with Crippen molar-refractivity contribution in [2.45, 2.75) is 96.6 Å². The van der Waals surface area contributed by atoms with Gasteiger partial charge in [-0.3, -0.25) is 9.48 Å². The van der Waals surface area contributed by atoms with Crippen molar-refractivity contribution in [1.82, 2.24) is 24.5 Å². The van der Waals surface area contributed by atoms with Gasteiger partial charge in [0.25, 0.3) is 5.91 Å². The largest absolute Gasteiger partial charge is 0.442 e. The second-order valence-corrected chi connectivity index (χ2v) is 11.7. The van der Waals surface area contributed by atoms with Gasteiger partial charge >= 0.3 is 6.09 Å². The van der Waals surface area contributed by atoms with Gasteiger partial charge in [0.1, 0.15) is 5.60 Å². The molecule has 1 unspecified atom stereocenters. The summed E-state index contributed by atoms with van der Waals surface area (Å²) < 4.78 is 8.51. The van der Waals surface area contributed by atoms with Crippen LogP contribution in [0.25, 0.3) is 10.9 Å². The molecule has 9 heteroatoms. The van der Waals surface area contributed by atoms with Crippen molar-refractivity contribution < 1.29 is 19.4 Å². The standard InChI is InChI=1S/C27H35N5O4/c1-26(2,3)36-25(34)30-15-17-13-19(11-12-22(17)29-30)32(18-9-10-18)24(33)20-7-6-8-23-21(20)14-28-31(23)16-27(4,5)35/h6-8,14-15,18-19,35H,9-13,16H2,1-5H3. The zero-order valence-electron chi connectivity index (χ0n) is 21.7. The lowest BCUT2D eigenvalue weighted by Crippen LogP contribution is -2.44. The molecule has 0 radical (unpaired) electrons. The van der Waals surface area contributed by atoms with Crippen LogP contribution in [0.1, 0.15) is 75.5 Å². The quantitative estimate of drug-likeness (QED) is 0.577. The lowest BCUT2D eigenvalue weighted by molar-refractivity contribution is 0.0512. The first-order valence-electron chi connectivity index (χ1n) is 12.7. The smallest absolute Gasteiger partial charge is 0.435 e. The second kappa shape index (κ2) is 8.73. The Labute approximate surface area is 211 Å². The number of fused-ring (bicyclic) bond motifs is 2. The van der Waals surface area contributed by atoms with Gasteiger partial charge in [-0.2, -0.15) is 14.9 Å². The Balaban J connectivity index is 1.40. The molecule has 2 aliphatic rings. The number of benzene rings is 1. The summed E-state index contributed by atoms with van der Waals surface area (Å²) >= 11 is 0. The van der Waals surface area contributed by atoms with Crippen molar-refractivity contribution in [2.24, 2.45) is 0 Å². The molecule has 9 nitrogen and oxygen atoms in total. The highest BCUT2D eigenvalue weighted by atomic mass is 16.6. The molecule has 0 spiro atoms. The summed E-state index contributed by atoms with van der Waals surface area (Å²) in [5.41, 5.74) is 1.85. The summed E-state index contributed by atoms with van der Waals surface area (Å²) in [6.07, 6.45) is 7.16. The maximum atomic E-state index is 14.0. The molecular weight excluding hydrogens is 458 g/mol. The van der Waals surface area contributed by atoms with Crippen molar-refractivity contribution in [3.8, 4) is 0 Å². The monoisotopic (exact) mass is 493 g/mol. The summed E-state index contributed by atoms with van der Waals surface area (Å²) in [5, 5.41) is 20.0. The molecule has 36 heavy (non-hydrogen) atoms. The summed E-state index contributed by atoms with van der Waals surface area (Å²) in [6, 6.07) is 5.95. The molecule has 0 saturated heterocycles. The first kappa shape index (κ1) is 24.5. The first-order valence-corrected chi connectivity index (χ1v) is 12.7. The van der Waals surface area contributed by atoms with E-state index < -0.39 is 17.3 Å². The minimum atomic E-state index is -0.914. The molecule has 1 fully saturated rings. The molecule has 3 aromatic rings. The number of ether oxygens (including phenoxy) is 1. The van der Waals surface area contributed by atoms with E-state index in [2.05, 4.69) is 15.1 Å². The SMILES string of the molecule is CC(C)(O)Cn1ncc2c(C(=O)N(C3CC3)C3CCc4nn(C(=O)OC(C)(C)C)cc4C3)cccc21. The predicted molar refractivity (Wildman–Crippen MR) is 135 cm³/mol. The van der Waals surface area contributed by atoms with Gasteiger partial charge in [-0.25, -0.2) is 4.79 Å². The van der Waals surface area contributed by atoms with E-state index in [0.717, 1.165) is 41.4 Å². The van der Waals surface area contributed by atoms with Crippen LogP contribution in [0.2, 0.25) is 0 Å². The second-order valence-electron chi connectivity index (χ2n) is 11.7. The summed E-state index contributed by atoms with van der Waals surface area (Å²) in [6.45, 7) is 9.32. The number of nitrogens with zero attached hydrogens (tertiary/aromatic N) is 5. The van der Waals surface area contributed by atoms with Gasteiger partial charge in [-0.15, -0.1) is 0 Å². The molecule has 1 atom stereocenters. The summed E-state index contributed by atoms with van der Waals surface area (Å²) in [7, 11) is 0. The molecule has 0 bridgehead atoms. The number of carbonyl (C=O) groups is 2. The first-order chi connectivity index (χ1) is 16.9. The fourth-order valence-corrected chi connectivity index (χ4v) is 5.03. The normalized spacial score (nSPS) is 18.2. The van der Waals surface area contributed by atoms with Crippen molar-refractivity contribution in [3.05, 3.63) is 47.4 Å². The van der Waals surface area contributed by atoms with Gasteiger partial charge in [0.15, 0.2) is 0 Å². The van der Waals surface area contributed by atoms with E-state index in [4.69, 9.17) is 4.74 Å². The molecule has 1 amide bonds. The van der Waals surface area contributed by atoms with Crippen LogP contribution in [0.5, 0.6) is 0 Å². The number of hydrogen-bond acceptors (Lipinski definition) is 6. The van der Waals surface area contributed by atoms with Crippen LogP contribution in [0.15, 0.2) is 30.6 Å². The van der Waals surface area contributed by atoms with E-state index >= 15 is 0 Å². The van der Waals surface area contributed by atoms with Crippen molar-refractivity contribution in [2.75, 3.05) is 0 Å². The lowest BCUT2D eigenvalue weighted by atomic mass is 9.91. The highest BCUT2D eigenvalue weighted by molar-refractivity contribution is 6.06. The molecule has 0 aliphatic heterocycles. The number of hydrogen-bond donors (Lipinski definition) is 1. The summed E-state index contributed by atoms with van der Waals surface area (Å²) in [5.74, 6) is 0.0129. The topological polar surface area (TPSA) is 102 Å². The number of amides is 1. The Morgan fingerprint density at radius 2 is 1.89 bits per heavy atom. The minimum absolute atomic E-state index is 0.0129. The van der Waals surface area contributed by atoms with Crippen LogP contribution in [0, 0.1) is 0 Å². The molecule has 1 saturated carbocycles. The number of rotatable bonds is 5. The lowest BCUT2D eigenvalue weighted by Gasteiger charge is -2.34. The Kier molecular flexibility index (Phi) is 5.94. The molecule has 1 aromatic carbocycles. The molecular formula is C27H35N5O4. The van der Waals surface area contributed by atoms with Gasteiger partial charge in [0.05, 0.1) is 35.1 Å². The maximum Gasteiger partial charge on any atom is 0.435 e. The predicted octanol–water partition coefficient (Wildman–Crippen LogP) is 3.95. The third-order valence-electron chi connectivity index (χ3n) is 6.65. The zero-order valence-corrected chi connectivity index (χ0v) is 21.7. The molecule has 2 heterocycles. The fraction of sp³-hybridized carbons (Fsp3) is 0.556. The molecule has 1 N–H and O–H groups in total. The minimum Gasteiger partial charge on any atom is -0.442 e. The summed E-state index contributed by atoms with van der Waals surface area (Å²) in [4.78, 5) is 28.5. The fourth-order valence-electron chi connectivity index (χ4n) is 5.03. The van der Waals surface area contributed by atoms with Gasteiger partial charge < -0.3 is 14.7 Å². The number of aromatic nitrogens is 4. The third kappa shape index (κ3) is 5.02. The van der Waals surface area contributed by atoms with Crippen LogP contribution < -0.4 is 0 Å². The van der Waals surface area contributed by atoms with Crippen LogP contribution in [-0.4, -0.2) is 64.9 Å². The Bertz CT molecular complexity index is 1310. The number of carbonyl (C=O) groups excluding carboxylic acids is 2. The van der Waals surface area contributed by atoms with Crippen molar-refractivity contribution >= 4 is 22.9 Å². The molecule has 2 aromatic heterocycles. The van der Waals surface area contributed by atoms with Crippen LogP contribution in [-0.2, 0) is 24.1 Å². The van der Waals surface area contributed by atoms with E-state index in [9.17, 15) is 14.7 Å². The Morgan fingerprint density at radius 1 is 1.14 bits per heavy atom. The average Bonchev–Trinajstić information content (AvgIpc) is 3.37. The maximum absolute atomic E-state index is 14.0. The Morgan fingerprint density at radius 3 is 2.56 bits per heavy atom. The molecule has 192 valence electrons.